The van der Waals surface area contributed by atoms with Gasteiger partial charge in [-0.1, -0.05) is 60.7 Å². The molecule has 3 rings (SSSR count). The van der Waals surface area contributed by atoms with Gasteiger partial charge in [0.2, 0.25) is 5.89 Å². The highest BCUT2D eigenvalue weighted by Crippen LogP contribution is 2.23. The van der Waals surface area contributed by atoms with Gasteiger partial charge in [-0.25, -0.2) is 4.98 Å². The van der Waals surface area contributed by atoms with Crippen LogP contribution in [0.2, 0.25) is 0 Å². The van der Waals surface area contributed by atoms with Crippen molar-refractivity contribution in [3.8, 4) is 0 Å². The molecule has 0 radical (unpaired) electrons. The zero-order valence-electron chi connectivity index (χ0n) is 16.5. The van der Waals surface area contributed by atoms with Crippen LogP contribution in [0.25, 0.3) is 0 Å². The molecule has 6 heteroatoms. The van der Waals surface area contributed by atoms with E-state index < -0.39 is 0 Å². The third-order valence-electron chi connectivity index (χ3n) is 4.58. The minimum atomic E-state index is 0. The summed E-state index contributed by atoms with van der Waals surface area (Å²) in [6.07, 6.45) is 0. The molecule has 0 unspecified atom stereocenters. The maximum Gasteiger partial charge on any atom is 0.214 e. The highest BCUT2D eigenvalue weighted by molar-refractivity contribution is 14.0. The zero-order valence-corrected chi connectivity index (χ0v) is 18.8. The molecule has 1 aromatic heterocycles. The quantitative estimate of drug-likeness (QED) is 0.306. The third kappa shape index (κ3) is 5.82. The lowest BCUT2D eigenvalue weighted by Crippen LogP contribution is -2.39. The van der Waals surface area contributed by atoms with Crippen LogP contribution in [0, 0.1) is 13.8 Å². The molecule has 0 bridgehead atoms. The maximum atomic E-state index is 5.62. The molecule has 148 valence electrons. The van der Waals surface area contributed by atoms with Gasteiger partial charge in [0, 0.05) is 19.5 Å². The van der Waals surface area contributed by atoms with E-state index in [1.165, 1.54) is 11.1 Å². The molecule has 0 fully saturated rings. The molecular formula is C22H27IN4O. The Morgan fingerprint density at radius 2 is 1.54 bits per heavy atom. The molecule has 0 amide bonds. The lowest BCUT2D eigenvalue weighted by atomic mass is 9.91. The first-order valence-electron chi connectivity index (χ1n) is 9.14. The molecule has 0 saturated heterocycles. The Morgan fingerprint density at radius 3 is 2.00 bits per heavy atom. The van der Waals surface area contributed by atoms with Crippen LogP contribution in [0.5, 0.6) is 0 Å². The highest BCUT2D eigenvalue weighted by atomic mass is 127. The van der Waals surface area contributed by atoms with Crippen molar-refractivity contribution < 1.29 is 4.42 Å². The summed E-state index contributed by atoms with van der Waals surface area (Å²) in [5.41, 5.74) is 3.46. The molecular weight excluding hydrogens is 463 g/mol. The van der Waals surface area contributed by atoms with Crippen molar-refractivity contribution in [3.63, 3.8) is 0 Å². The van der Waals surface area contributed by atoms with Crippen molar-refractivity contribution >= 4 is 29.9 Å². The molecule has 0 spiro atoms. The Labute approximate surface area is 183 Å². The number of benzene rings is 2. The summed E-state index contributed by atoms with van der Waals surface area (Å²) >= 11 is 0. The third-order valence-corrected chi connectivity index (χ3v) is 4.58. The van der Waals surface area contributed by atoms with E-state index in [-0.39, 0.29) is 29.9 Å². The Bertz CT molecular complexity index is 819. The van der Waals surface area contributed by atoms with E-state index in [0.29, 0.717) is 12.4 Å². The molecule has 0 aliphatic heterocycles. The average molecular weight is 490 g/mol. The van der Waals surface area contributed by atoms with Crippen LogP contribution in [0.15, 0.2) is 70.1 Å². The molecule has 3 aromatic rings. The fourth-order valence-electron chi connectivity index (χ4n) is 2.99. The van der Waals surface area contributed by atoms with E-state index in [2.05, 4.69) is 69.1 Å². The Balaban J connectivity index is 0.00000280. The van der Waals surface area contributed by atoms with Gasteiger partial charge in [-0.2, -0.15) is 0 Å². The topological polar surface area (TPSA) is 62.5 Å². The van der Waals surface area contributed by atoms with Crippen LogP contribution in [0.1, 0.15) is 34.4 Å². The number of hydrogen-bond acceptors (Lipinski definition) is 3. The van der Waals surface area contributed by atoms with E-state index >= 15 is 0 Å². The van der Waals surface area contributed by atoms with Crippen molar-refractivity contribution in [3.05, 3.63) is 89.1 Å². The summed E-state index contributed by atoms with van der Waals surface area (Å²) in [4.78, 5) is 8.71. The Kier molecular flexibility index (Phi) is 8.50. The smallest absolute Gasteiger partial charge is 0.214 e. The van der Waals surface area contributed by atoms with Crippen molar-refractivity contribution in [2.75, 3.05) is 13.6 Å². The molecule has 5 nitrogen and oxygen atoms in total. The van der Waals surface area contributed by atoms with Crippen LogP contribution < -0.4 is 10.6 Å². The lowest BCUT2D eigenvalue weighted by molar-refractivity contribution is 0.463. The summed E-state index contributed by atoms with van der Waals surface area (Å²) in [5.74, 6) is 2.47. The number of oxazole rings is 1. The first kappa shape index (κ1) is 21.9. The van der Waals surface area contributed by atoms with Gasteiger partial charge in [0.1, 0.15) is 5.76 Å². The van der Waals surface area contributed by atoms with E-state index in [1.807, 2.05) is 26.0 Å². The second-order valence-electron chi connectivity index (χ2n) is 6.43. The van der Waals surface area contributed by atoms with E-state index in [9.17, 15) is 0 Å². The number of guanidine groups is 1. The van der Waals surface area contributed by atoms with Crippen LogP contribution in [-0.2, 0) is 6.54 Å². The number of aromatic nitrogens is 1. The van der Waals surface area contributed by atoms with E-state index in [1.54, 1.807) is 7.05 Å². The fraction of sp³-hybridized carbons (Fsp3) is 0.273. The number of nitrogens with zero attached hydrogens (tertiary/aromatic N) is 2. The van der Waals surface area contributed by atoms with Gasteiger partial charge < -0.3 is 15.1 Å². The predicted octanol–water partition coefficient (Wildman–Crippen LogP) is 4.41. The molecule has 0 saturated carbocycles. The second kappa shape index (κ2) is 10.8. The molecule has 0 atom stereocenters. The predicted molar refractivity (Wildman–Crippen MR) is 124 cm³/mol. The van der Waals surface area contributed by atoms with Crippen molar-refractivity contribution in [2.24, 2.45) is 4.99 Å². The number of aliphatic imine (C=N–C) groups is 1. The first-order chi connectivity index (χ1) is 13.2. The van der Waals surface area contributed by atoms with Gasteiger partial charge in [0.25, 0.3) is 0 Å². The summed E-state index contributed by atoms with van der Waals surface area (Å²) in [6, 6.07) is 21.0. The van der Waals surface area contributed by atoms with Gasteiger partial charge >= 0.3 is 0 Å². The van der Waals surface area contributed by atoms with Gasteiger partial charge in [0.15, 0.2) is 5.96 Å². The van der Waals surface area contributed by atoms with Crippen LogP contribution in [0.4, 0.5) is 0 Å². The molecule has 0 aliphatic rings. The number of halogens is 1. The minimum absolute atomic E-state index is 0. The van der Waals surface area contributed by atoms with Gasteiger partial charge in [-0.15, -0.1) is 24.0 Å². The zero-order chi connectivity index (χ0) is 19.1. The lowest BCUT2D eigenvalue weighted by Gasteiger charge is -2.20. The Morgan fingerprint density at radius 1 is 0.964 bits per heavy atom. The van der Waals surface area contributed by atoms with E-state index in [4.69, 9.17) is 4.42 Å². The normalized spacial score (nSPS) is 11.2. The molecule has 28 heavy (non-hydrogen) atoms. The minimum Gasteiger partial charge on any atom is -0.444 e. The first-order valence-corrected chi connectivity index (χ1v) is 9.14. The largest absolute Gasteiger partial charge is 0.444 e. The standard InChI is InChI=1S/C22H26N4O.HI/c1-16-17(2)27-21(26-16)15-25-22(23-3)24-14-20(18-10-6-4-7-11-18)19-12-8-5-9-13-19;/h4-13,20H,14-15H2,1-3H3,(H2,23,24,25);1H. The van der Waals surface area contributed by atoms with E-state index in [0.717, 1.165) is 24.0 Å². The number of rotatable bonds is 6. The SMILES string of the molecule is CN=C(NCc1nc(C)c(C)o1)NCC(c1ccccc1)c1ccccc1.I. The molecule has 2 aromatic carbocycles. The summed E-state index contributed by atoms with van der Waals surface area (Å²) < 4.78 is 5.62. The molecule has 2 N–H and O–H groups in total. The summed E-state index contributed by atoms with van der Waals surface area (Å²) in [7, 11) is 1.77. The monoisotopic (exact) mass is 490 g/mol. The Hall–Kier alpha value is -2.35. The van der Waals surface area contributed by atoms with Gasteiger partial charge in [0.05, 0.1) is 12.2 Å². The second-order valence-corrected chi connectivity index (χ2v) is 6.43. The highest BCUT2D eigenvalue weighted by Gasteiger charge is 2.14. The average Bonchev–Trinajstić information content (AvgIpc) is 3.03. The van der Waals surface area contributed by atoms with Gasteiger partial charge in [-0.05, 0) is 25.0 Å². The van der Waals surface area contributed by atoms with Crippen molar-refractivity contribution in [1.29, 1.82) is 0 Å². The number of hydrogen-bond donors (Lipinski definition) is 2. The molecule has 1 heterocycles. The molecule has 0 aliphatic carbocycles. The fourth-order valence-corrected chi connectivity index (χ4v) is 2.99. The van der Waals surface area contributed by atoms with Gasteiger partial charge in [-0.3, -0.25) is 4.99 Å². The summed E-state index contributed by atoms with van der Waals surface area (Å²) in [6.45, 7) is 5.09. The summed E-state index contributed by atoms with van der Waals surface area (Å²) in [5, 5.41) is 6.69. The van der Waals surface area contributed by atoms with Crippen LogP contribution in [-0.4, -0.2) is 24.5 Å². The number of aryl methyl sites for hydroxylation is 2. The number of nitrogens with one attached hydrogen (secondary N) is 2. The van der Waals surface area contributed by atoms with Crippen molar-refractivity contribution in [2.45, 2.75) is 26.3 Å². The van der Waals surface area contributed by atoms with Crippen molar-refractivity contribution in [1.82, 2.24) is 15.6 Å². The van der Waals surface area contributed by atoms with Crippen LogP contribution >= 0.6 is 24.0 Å². The van der Waals surface area contributed by atoms with Crippen LogP contribution in [0.3, 0.4) is 0 Å². The maximum absolute atomic E-state index is 5.62.